The second-order valence-corrected chi connectivity index (χ2v) is 2.87. The molecule has 0 saturated carbocycles. The van der Waals surface area contributed by atoms with Gasteiger partial charge in [-0.05, 0) is 24.1 Å². The molecule has 1 aromatic rings. The molecule has 14 heavy (non-hydrogen) atoms. The van der Waals surface area contributed by atoms with Crippen LogP contribution in [0.4, 0.5) is 0 Å². The highest BCUT2D eigenvalue weighted by Gasteiger charge is 2.00. The lowest BCUT2D eigenvalue weighted by Gasteiger charge is -2.07. The topological polar surface area (TPSA) is 72.3 Å². The Balaban J connectivity index is 0. The first-order chi connectivity index (χ1) is 5.72. The number of phenolic OH excluding ortho intramolecular Hbond substituents is 1. The SMILES string of the molecule is Cl.Cl.NC[C@@H](N)Cc1ccc(O)cc1. The van der Waals surface area contributed by atoms with Gasteiger partial charge in [-0.2, -0.15) is 0 Å². The molecule has 0 aromatic heterocycles. The summed E-state index contributed by atoms with van der Waals surface area (Å²) in [5, 5.41) is 8.99. The molecule has 0 bridgehead atoms. The van der Waals surface area contributed by atoms with Crippen molar-refractivity contribution in [2.75, 3.05) is 6.54 Å². The zero-order valence-electron chi connectivity index (χ0n) is 7.72. The van der Waals surface area contributed by atoms with Crippen molar-refractivity contribution in [2.24, 2.45) is 11.5 Å². The van der Waals surface area contributed by atoms with Gasteiger partial charge in [0.05, 0.1) is 0 Å². The number of hydrogen-bond acceptors (Lipinski definition) is 3. The van der Waals surface area contributed by atoms with Crippen LogP contribution >= 0.6 is 24.8 Å². The number of benzene rings is 1. The van der Waals surface area contributed by atoms with Crippen molar-refractivity contribution in [3.8, 4) is 5.75 Å². The predicted octanol–water partition coefficient (Wildman–Crippen LogP) is 1.06. The van der Waals surface area contributed by atoms with Gasteiger partial charge in [0.25, 0.3) is 0 Å². The molecule has 5 N–H and O–H groups in total. The number of aromatic hydroxyl groups is 1. The van der Waals surface area contributed by atoms with Crippen LogP contribution in [-0.4, -0.2) is 17.7 Å². The quantitative estimate of drug-likeness (QED) is 0.738. The van der Waals surface area contributed by atoms with E-state index in [1.165, 1.54) is 0 Å². The van der Waals surface area contributed by atoms with Gasteiger partial charge in [0.1, 0.15) is 5.75 Å². The highest BCUT2D eigenvalue weighted by atomic mass is 35.5. The molecule has 0 amide bonds. The van der Waals surface area contributed by atoms with Crippen molar-refractivity contribution in [2.45, 2.75) is 12.5 Å². The Kier molecular flexibility index (Phi) is 8.99. The highest BCUT2D eigenvalue weighted by molar-refractivity contribution is 5.85. The first-order valence-corrected chi connectivity index (χ1v) is 3.96. The third-order valence-corrected chi connectivity index (χ3v) is 1.74. The fourth-order valence-electron chi connectivity index (χ4n) is 1.02. The van der Waals surface area contributed by atoms with E-state index in [-0.39, 0.29) is 36.6 Å². The van der Waals surface area contributed by atoms with E-state index in [0.717, 1.165) is 12.0 Å². The Morgan fingerprint density at radius 2 is 1.64 bits per heavy atom. The van der Waals surface area contributed by atoms with Gasteiger partial charge in [-0.1, -0.05) is 12.1 Å². The van der Waals surface area contributed by atoms with Crippen LogP contribution in [0.1, 0.15) is 5.56 Å². The fraction of sp³-hybridized carbons (Fsp3) is 0.333. The molecule has 0 aliphatic heterocycles. The number of nitrogens with two attached hydrogens (primary N) is 2. The third-order valence-electron chi connectivity index (χ3n) is 1.74. The van der Waals surface area contributed by atoms with E-state index in [9.17, 15) is 0 Å². The summed E-state index contributed by atoms with van der Waals surface area (Å²) < 4.78 is 0. The predicted molar refractivity (Wildman–Crippen MR) is 63.3 cm³/mol. The van der Waals surface area contributed by atoms with Crippen LogP contribution in [0.15, 0.2) is 24.3 Å². The number of phenols is 1. The normalized spacial score (nSPS) is 11.0. The van der Waals surface area contributed by atoms with Gasteiger partial charge in [0, 0.05) is 12.6 Å². The summed E-state index contributed by atoms with van der Waals surface area (Å²) in [5.41, 5.74) is 12.1. The van der Waals surface area contributed by atoms with E-state index in [2.05, 4.69) is 0 Å². The Morgan fingerprint density at radius 1 is 1.14 bits per heavy atom. The summed E-state index contributed by atoms with van der Waals surface area (Å²) in [6, 6.07) is 7.02. The number of halogens is 2. The molecular weight excluding hydrogens is 223 g/mol. The Morgan fingerprint density at radius 3 is 2.07 bits per heavy atom. The number of rotatable bonds is 3. The summed E-state index contributed by atoms with van der Waals surface area (Å²) in [6.07, 6.45) is 0.761. The summed E-state index contributed by atoms with van der Waals surface area (Å²) >= 11 is 0. The molecule has 0 aliphatic rings. The van der Waals surface area contributed by atoms with E-state index in [4.69, 9.17) is 16.6 Å². The Hall–Kier alpha value is -0.480. The monoisotopic (exact) mass is 238 g/mol. The van der Waals surface area contributed by atoms with Crippen LogP contribution in [0.3, 0.4) is 0 Å². The molecule has 0 heterocycles. The molecule has 0 spiro atoms. The Labute approximate surface area is 96.3 Å². The number of hydrogen-bond donors (Lipinski definition) is 3. The van der Waals surface area contributed by atoms with Gasteiger partial charge < -0.3 is 16.6 Å². The summed E-state index contributed by atoms with van der Waals surface area (Å²) in [6.45, 7) is 0.487. The molecular formula is C9H16Cl2N2O. The van der Waals surface area contributed by atoms with Gasteiger partial charge >= 0.3 is 0 Å². The van der Waals surface area contributed by atoms with Crippen LogP contribution in [0.2, 0.25) is 0 Å². The van der Waals surface area contributed by atoms with Gasteiger partial charge in [0.15, 0.2) is 0 Å². The molecule has 1 atom stereocenters. The van der Waals surface area contributed by atoms with Crippen LogP contribution in [0.25, 0.3) is 0 Å². The molecule has 0 aliphatic carbocycles. The zero-order valence-corrected chi connectivity index (χ0v) is 9.35. The largest absolute Gasteiger partial charge is 0.508 e. The highest BCUT2D eigenvalue weighted by Crippen LogP contribution is 2.10. The molecule has 3 nitrogen and oxygen atoms in total. The zero-order chi connectivity index (χ0) is 8.97. The van der Waals surface area contributed by atoms with E-state index >= 15 is 0 Å². The molecule has 5 heteroatoms. The minimum Gasteiger partial charge on any atom is -0.508 e. The van der Waals surface area contributed by atoms with Gasteiger partial charge in [0.2, 0.25) is 0 Å². The Bertz CT molecular complexity index is 241. The van der Waals surface area contributed by atoms with Crippen LogP contribution in [0.5, 0.6) is 5.75 Å². The molecule has 0 fully saturated rings. The minimum absolute atomic E-state index is 0. The average molecular weight is 239 g/mol. The first kappa shape index (κ1) is 16.0. The van der Waals surface area contributed by atoms with Crippen molar-refractivity contribution in [1.82, 2.24) is 0 Å². The molecule has 0 radical (unpaired) electrons. The maximum absolute atomic E-state index is 8.99. The van der Waals surface area contributed by atoms with Gasteiger partial charge in [-0.15, -0.1) is 24.8 Å². The summed E-state index contributed by atoms with van der Waals surface area (Å²) in [5.74, 6) is 0.278. The molecule has 1 rings (SSSR count). The second kappa shape index (κ2) is 7.88. The second-order valence-electron chi connectivity index (χ2n) is 2.87. The molecule has 0 saturated heterocycles. The standard InChI is InChI=1S/C9H14N2O.2ClH/c10-6-8(11)5-7-1-3-9(12)4-2-7;;/h1-4,8,12H,5-6,10-11H2;2*1H/t8-;;/m0../s1. The lowest BCUT2D eigenvalue weighted by atomic mass is 10.1. The van der Waals surface area contributed by atoms with E-state index in [1.54, 1.807) is 12.1 Å². The third kappa shape index (κ3) is 5.29. The lowest BCUT2D eigenvalue weighted by Crippen LogP contribution is -2.31. The van der Waals surface area contributed by atoms with Crippen molar-refractivity contribution in [3.63, 3.8) is 0 Å². The van der Waals surface area contributed by atoms with Crippen molar-refractivity contribution in [1.29, 1.82) is 0 Å². The maximum atomic E-state index is 8.99. The van der Waals surface area contributed by atoms with Crippen LogP contribution < -0.4 is 11.5 Å². The molecule has 82 valence electrons. The molecule has 1 aromatic carbocycles. The van der Waals surface area contributed by atoms with Gasteiger partial charge in [-0.3, -0.25) is 0 Å². The smallest absolute Gasteiger partial charge is 0.115 e. The maximum Gasteiger partial charge on any atom is 0.115 e. The van der Waals surface area contributed by atoms with Gasteiger partial charge in [-0.25, -0.2) is 0 Å². The lowest BCUT2D eigenvalue weighted by molar-refractivity contribution is 0.475. The van der Waals surface area contributed by atoms with Crippen molar-refractivity contribution >= 4 is 24.8 Å². The average Bonchev–Trinajstić information content (AvgIpc) is 2.09. The van der Waals surface area contributed by atoms with Crippen LogP contribution in [0, 0.1) is 0 Å². The van der Waals surface area contributed by atoms with Crippen molar-refractivity contribution < 1.29 is 5.11 Å². The van der Waals surface area contributed by atoms with E-state index < -0.39 is 0 Å². The minimum atomic E-state index is 0. The van der Waals surface area contributed by atoms with E-state index in [1.807, 2.05) is 12.1 Å². The van der Waals surface area contributed by atoms with Crippen LogP contribution in [-0.2, 0) is 6.42 Å². The van der Waals surface area contributed by atoms with Crippen molar-refractivity contribution in [3.05, 3.63) is 29.8 Å². The summed E-state index contributed by atoms with van der Waals surface area (Å²) in [4.78, 5) is 0. The fourth-order valence-corrected chi connectivity index (χ4v) is 1.02. The summed E-state index contributed by atoms with van der Waals surface area (Å²) in [7, 11) is 0. The van der Waals surface area contributed by atoms with E-state index in [0.29, 0.717) is 6.54 Å². The first-order valence-electron chi connectivity index (χ1n) is 3.96. The molecule has 0 unspecified atom stereocenters.